The first-order valence-corrected chi connectivity index (χ1v) is 7.63. The third-order valence-electron chi connectivity index (χ3n) is 3.88. The fourth-order valence-electron chi connectivity index (χ4n) is 2.91. The number of hydrogen-bond donors (Lipinski definition) is 1. The second-order valence-corrected chi connectivity index (χ2v) is 5.73. The van der Waals surface area contributed by atoms with Crippen molar-refractivity contribution >= 4 is 22.5 Å². The van der Waals surface area contributed by atoms with Gasteiger partial charge < -0.3 is 4.98 Å². The summed E-state index contributed by atoms with van der Waals surface area (Å²) in [6.45, 7) is 0. The predicted molar refractivity (Wildman–Crippen MR) is 94.2 cm³/mol. The van der Waals surface area contributed by atoms with Gasteiger partial charge in [0.2, 0.25) is 0 Å². The van der Waals surface area contributed by atoms with Crippen LogP contribution in [0.3, 0.4) is 0 Å². The zero-order valence-electron chi connectivity index (χ0n) is 11.9. The van der Waals surface area contributed by atoms with Crippen molar-refractivity contribution in [2.75, 3.05) is 0 Å². The van der Waals surface area contributed by atoms with Gasteiger partial charge in [-0.15, -0.1) is 0 Å². The molecule has 0 spiro atoms. The van der Waals surface area contributed by atoms with Gasteiger partial charge in [-0.1, -0.05) is 72.3 Å². The van der Waals surface area contributed by atoms with Gasteiger partial charge >= 0.3 is 0 Å². The Hall–Kier alpha value is -2.51. The van der Waals surface area contributed by atoms with Crippen molar-refractivity contribution in [2.45, 2.75) is 0 Å². The molecule has 0 bridgehead atoms. The van der Waals surface area contributed by atoms with Crippen LogP contribution in [0, 0.1) is 0 Å². The van der Waals surface area contributed by atoms with Crippen molar-refractivity contribution in [3.8, 4) is 22.4 Å². The number of nitrogens with one attached hydrogen (secondary N) is 1. The SMILES string of the molecule is Clc1cccc(-c2[nH]c3ccccc3c2-c2ccccc2)c1. The molecule has 0 saturated heterocycles. The minimum absolute atomic E-state index is 0.746. The van der Waals surface area contributed by atoms with Crippen LogP contribution in [0.5, 0.6) is 0 Å². The largest absolute Gasteiger partial charge is 0.354 e. The Labute approximate surface area is 134 Å². The standard InChI is InChI=1S/C20H14ClN/c21-16-10-6-9-15(13-16)20-19(14-7-2-1-3-8-14)17-11-4-5-12-18(17)22-20/h1-13,22H. The first-order valence-electron chi connectivity index (χ1n) is 7.25. The number of fused-ring (bicyclic) bond motifs is 1. The van der Waals surface area contributed by atoms with E-state index in [9.17, 15) is 0 Å². The molecule has 0 radical (unpaired) electrons. The van der Waals surface area contributed by atoms with E-state index in [4.69, 9.17) is 11.6 Å². The van der Waals surface area contributed by atoms with Crippen LogP contribution in [0.15, 0.2) is 78.9 Å². The van der Waals surface area contributed by atoms with E-state index >= 15 is 0 Å². The molecule has 1 nitrogen and oxygen atoms in total. The lowest BCUT2D eigenvalue weighted by molar-refractivity contribution is 1.45. The maximum Gasteiger partial charge on any atom is 0.0545 e. The van der Waals surface area contributed by atoms with Crippen LogP contribution in [0.2, 0.25) is 5.02 Å². The smallest absolute Gasteiger partial charge is 0.0545 e. The average molecular weight is 304 g/mol. The first-order chi connectivity index (χ1) is 10.8. The number of rotatable bonds is 2. The molecule has 22 heavy (non-hydrogen) atoms. The summed E-state index contributed by atoms with van der Waals surface area (Å²) in [5.41, 5.74) is 5.77. The zero-order valence-corrected chi connectivity index (χ0v) is 12.6. The third-order valence-corrected chi connectivity index (χ3v) is 4.12. The fraction of sp³-hybridized carbons (Fsp3) is 0. The van der Waals surface area contributed by atoms with Crippen molar-refractivity contribution in [1.82, 2.24) is 4.98 Å². The molecule has 0 saturated carbocycles. The number of H-pyrrole nitrogens is 1. The molecule has 106 valence electrons. The van der Waals surface area contributed by atoms with Crippen LogP contribution in [-0.4, -0.2) is 4.98 Å². The summed E-state index contributed by atoms with van der Waals surface area (Å²) in [5.74, 6) is 0. The van der Waals surface area contributed by atoms with E-state index in [1.54, 1.807) is 0 Å². The number of hydrogen-bond acceptors (Lipinski definition) is 0. The summed E-state index contributed by atoms with van der Waals surface area (Å²) < 4.78 is 0. The molecule has 0 fully saturated rings. The summed E-state index contributed by atoms with van der Waals surface area (Å²) in [6.07, 6.45) is 0. The lowest BCUT2D eigenvalue weighted by atomic mass is 9.98. The number of para-hydroxylation sites is 1. The summed E-state index contributed by atoms with van der Waals surface area (Å²) in [7, 11) is 0. The molecule has 3 aromatic carbocycles. The monoisotopic (exact) mass is 303 g/mol. The Bertz CT molecular complexity index is 938. The first kappa shape index (κ1) is 13.2. The Morgan fingerprint density at radius 2 is 1.41 bits per heavy atom. The topological polar surface area (TPSA) is 15.8 Å². The van der Waals surface area contributed by atoms with Crippen molar-refractivity contribution in [1.29, 1.82) is 0 Å². The molecule has 0 aliphatic carbocycles. The van der Waals surface area contributed by atoms with Gasteiger partial charge in [-0.25, -0.2) is 0 Å². The summed E-state index contributed by atoms with van der Waals surface area (Å²) in [6, 6.07) is 26.8. The molecule has 2 heteroatoms. The number of aromatic amines is 1. The van der Waals surface area contributed by atoms with Crippen molar-refractivity contribution in [2.24, 2.45) is 0 Å². The Morgan fingerprint density at radius 3 is 2.23 bits per heavy atom. The average Bonchev–Trinajstić information content (AvgIpc) is 2.95. The summed E-state index contributed by atoms with van der Waals surface area (Å²) >= 11 is 6.18. The molecule has 0 unspecified atom stereocenters. The highest BCUT2D eigenvalue weighted by molar-refractivity contribution is 6.30. The molecule has 1 aromatic heterocycles. The molecular formula is C20H14ClN. The van der Waals surface area contributed by atoms with Crippen molar-refractivity contribution in [3.63, 3.8) is 0 Å². The number of halogens is 1. The van der Waals surface area contributed by atoms with Crippen LogP contribution in [-0.2, 0) is 0 Å². The predicted octanol–water partition coefficient (Wildman–Crippen LogP) is 6.16. The molecule has 0 aliphatic rings. The second kappa shape index (κ2) is 5.36. The number of aromatic nitrogens is 1. The van der Waals surface area contributed by atoms with Gasteiger partial charge in [0, 0.05) is 27.1 Å². The van der Waals surface area contributed by atoms with Gasteiger partial charge in [-0.2, -0.15) is 0 Å². The van der Waals surface area contributed by atoms with Crippen LogP contribution >= 0.6 is 11.6 Å². The Morgan fingerprint density at radius 1 is 0.682 bits per heavy atom. The molecule has 0 aliphatic heterocycles. The van der Waals surface area contributed by atoms with Crippen LogP contribution in [0.25, 0.3) is 33.3 Å². The Kier molecular flexibility index (Phi) is 3.21. The van der Waals surface area contributed by atoms with E-state index in [0.717, 1.165) is 21.8 Å². The lowest BCUT2D eigenvalue weighted by Gasteiger charge is -2.06. The van der Waals surface area contributed by atoms with E-state index in [1.165, 1.54) is 16.5 Å². The fourth-order valence-corrected chi connectivity index (χ4v) is 3.10. The van der Waals surface area contributed by atoms with E-state index in [0.29, 0.717) is 0 Å². The minimum atomic E-state index is 0.746. The van der Waals surface area contributed by atoms with Gasteiger partial charge in [0.1, 0.15) is 0 Å². The van der Waals surface area contributed by atoms with Gasteiger partial charge in [0.15, 0.2) is 0 Å². The van der Waals surface area contributed by atoms with Crippen LogP contribution in [0.4, 0.5) is 0 Å². The van der Waals surface area contributed by atoms with E-state index in [-0.39, 0.29) is 0 Å². The quantitative estimate of drug-likeness (QED) is 0.457. The van der Waals surface area contributed by atoms with Crippen LogP contribution < -0.4 is 0 Å². The molecule has 0 amide bonds. The van der Waals surface area contributed by atoms with E-state index < -0.39 is 0 Å². The number of benzene rings is 3. The maximum absolute atomic E-state index is 6.18. The Balaban J connectivity index is 2.06. The zero-order chi connectivity index (χ0) is 14.9. The summed E-state index contributed by atoms with van der Waals surface area (Å²) in [4.78, 5) is 3.55. The van der Waals surface area contributed by atoms with Crippen molar-refractivity contribution in [3.05, 3.63) is 83.9 Å². The highest BCUT2D eigenvalue weighted by Gasteiger charge is 2.14. The molecule has 0 atom stereocenters. The third kappa shape index (κ3) is 2.20. The highest BCUT2D eigenvalue weighted by atomic mass is 35.5. The van der Waals surface area contributed by atoms with Crippen molar-refractivity contribution < 1.29 is 0 Å². The lowest BCUT2D eigenvalue weighted by Crippen LogP contribution is -1.82. The molecule has 1 heterocycles. The summed E-state index contributed by atoms with van der Waals surface area (Å²) in [5, 5.41) is 1.97. The van der Waals surface area contributed by atoms with Gasteiger partial charge in [0.05, 0.1) is 5.69 Å². The minimum Gasteiger partial charge on any atom is -0.354 e. The van der Waals surface area contributed by atoms with E-state index in [2.05, 4.69) is 59.6 Å². The van der Waals surface area contributed by atoms with Gasteiger partial charge in [-0.05, 0) is 23.8 Å². The maximum atomic E-state index is 6.18. The van der Waals surface area contributed by atoms with Crippen LogP contribution in [0.1, 0.15) is 0 Å². The molecule has 4 rings (SSSR count). The van der Waals surface area contributed by atoms with Gasteiger partial charge in [0.25, 0.3) is 0 Å². The van der Waals surface area contributed by atoms with Gasteiger partial charge in [-0.3, -0.25) is 0 Å². The second-order valence-electron chi connectivity index (χ2n) is 5.30. The molecular weight excluding hydrogens is 290 g/mol. The highest BCUT2D eigenvalue weighted by Crippen LogP contribution is 2.38. The molecule has 1 N–H and O–H groups in total. The van der Waals surface area contributed by atoms with E-state index in [1.807, 2.05) is 24.3 Å². The molecule has 4 aromatic rings. The normalized spacial score (nSPS) is 11.0.